The summed E-state index contributed by atoms with van der Waals surface area (Å²) in [5.41, 5.74) is 0.923. The second-order valence-corrected chi connectivity index (χ2v) is 7.00. The van der Waals surface area contributed by atoms with Crippen LogP contribution in [0.2, 0.25) is 0 Å². The van der Waals surface area contributed by atoms with E-state index in [1.54, 1.807) is 12.4 Å². The van der Waals surface area contributed by atoms with Gasteiger partial charge in [-0.15, -0.1) is 0 Å². The zero-order valence-electron chi connectivity index (χ0n) is 14.0. The average Bonchev–Trinajstić information content (AvgIpc) is 2.95. The van der Waals surface area contributed by atoms with Gasteiger partial charge in [-0.25, -0.2) is 0 Å². The molecule has 2 atom stereocenters. The van der Waals surface area contributed by atoms with Crippen LogP contribution in [0.15, 0.2) is 24.5 Å². The molecule has 2 saturated heterocycles. The van der Waals surface area contributed by atoms with Gasteiger partial charge in [-0.2, -0.15) is 0 Å². The Kier molecular flexibility index (Phi) is 4.97. The molecule has 1 aromatic rings. The number of rotatable bonds is 4. The van der Waals surface area contributed by atoms with E-state index in [4.69, 9.17) is 9.47 Å². The number of amides is 1. The lowest BCUT2D eigenvalue weighted by atomic mass is 9.88. The van der Waals surface area contributed by atoms with Crippen molar-refractivity contribution >= 4 is 5.91 Å². The largest absolute Gasteiger partial charge is 0.371 e. The summed E-state index contributed by atoms with van der Waals surface area (Å²) in [5, 5.41) is 0. The maximum absolute atomic E-state index is 12.3. The minimum Gasteiger partial charge on any atom is -0.371 e. The molecule has 2 aliphatic rings. The van der Waals surface area contributed by atoms with Crippen LogP contribution in [-0.2, 0) is 20.9 Å². The Balaban J connectivity index is 1.54. The first kappa shape index (κ1) is 16.4. The minimum absolute atomic E-state index is 0.0466. The van der Waals surface area contributed by atoms with Gasteiger partial charge in [-0.05, 0) is 30.5 Å². The molecule has 0 N–H and O–H groups in total. The van der Waals surface area contributed by atoms with E-state index >= 15 is 0 Å². The third-order valence-electron chi connectivity index (χ3n) is 4.76. The second-order valence-electron chi connectivity index (χ2n) is 7.00. The van der Waals surface area contributed by atoms with E-state index in [-0.39, 0.29) is 23.5 Å². The zero-order valence-corrected chi connectivity index (χ0v) is 14.0. The second kappa shape index (κ2) is 6.97. The average molecular weight is 318 g/mol. The van der Waals surface area contributed by atoms with Crippen LogP contribution in [0.1, 0.15) is 38.7 Å². The zero-order chi connectivity index (χ0) is 16.3. The standard InChI is InChI=1S/C18H26N2O3/c1-14(2)17(21)20-9-3-6-18(13-20)10-16(12-23-18)22-11-15-4-7-19-8-5-15/h4-5,7-8,14,16H,3,6,9-13H2,1-2H3/t16-,18-/m0/s1. The van der Waals surface area contributed by atoms with Crippen molar-refractivity contribution in [2.75, 3.05) is 19.7 Å². The number of aromatic nitrogens is 1. The van der Waals surface area contributed by atoms with Gasteiger partial charge in [-0.1, -0.05) is 13.8 Å². The lowest BCUT2D eigenvalue weighted by Crippen LogP contribution is -2.51. The van der Waals surface area contributed by atoms with Crippen LogP contribution >= 0.6 is 0 Å². The fourth-order valence-electron chi connectivity index (χ4n) is 3.54. The molecule has 0 aliphatic carbocycles. The lowest BCUT2D eigenvalue weighted by Gasteiger charge is -2.40. The van der Waals surface area contributed by atoms with Crippen molar-refractivity contribution in [2.24, 2.45) is 5.92 Å². The van der Waals surface area contributed by atoms with Crippen LogP contribution in [0, 0.1) is 5.92 Å². The Morgan fingerprint density at radius 1 is 1.48 bits per heavy atom. The summed E-state index contributed by atoms with van der Waals surface area (Å²) >= 11 is 0. The Bertz CT molecular complexity index is 534. The van der Waals surface area contributed by atoms with Crippen molar-refractivity contribution in [3.05, 3.63) is 30.1 Å². The van der Waals surface area contributed by atoms with E-state index in [1.165, 1.54) is 0 Å². The Morgan fingerprint density at radius 3 is 3.00 bits per heavy atom. The first-order chi connectivity index (χ1) is 11.1. The van der Waals surface area contributed by atoms with Crippen LogP contribution in [-0.4, -0.2) is 47.2 Å². The van der Waals surface area contributed by atoms with Crippen molar-refractivity contribution in [1.29, 1.82) is 0 Å². The SMILES string of the molecule is CC(C)C(=O)N1CCC[C@]2(C[C@H](OCc3ccncc3)CO2)C1. The third kappa shape index (κ3) is 3.90. The van der Waals surface area contributed by atoms with Crippen molar-refractivity contribution in [3.63, 3.8) is 0 Å². The van der Waals surface area contributed by atoms with Gasteiger partial charge < -0.3 is 14.4 Å². The molecule has 0 bridgehead atoms. The maximum Gasteiger partial charge on any atom is 0.225 e. The molecular weight excluding hydrogens is 292 g/mol. The molecule has 3 rings (SSSR count). The monoisotopic (exact) mass is 318 g/mol. The highest BCUT2D eigenvalue weighted by atomic mass is 16.6. The molecule has 2 aliphatic heterocycles. The van der Waals surface area contributed by atoms with E-state index in [0.29, 0.717) is 19.8 Å². The number of hydrogen-bond donors (Lipinski definition) is 0. The number of pyridine rings is 1. The van der Waals surface area contributed by atoms with Crippen LogP contribution < -0.4 is 0 Å². The van der Waals surface area contributed by atoms with Gasteiger partial charge in [0.1, 0.15) is 0 Å². The van der Waals surface area contributed by atoms with Gasteiger partial charge in [0.25, 0.3) is 0 Å². The molecule has 0 saturated carbocycles. The van der Waals surface area contributed by atoms with Crippen LogP contribution in [0.4, 0.5) is 0 Å². The van der Waals surface area contributed by atoms with E-state index < -0.39 is 0 Å². The number of likely N-dealkylation sites (tertiary alicyclic amines) is 1. The molecular formula is C18H26N2O3. The summed E-state index contributed by atoms with van der Waals surface area (Å²) in [5.74, 6) is 0.277. The summed E-state index contributed by atoms with van der Waals surface area (Å²) in [6.45, 7) is 6.68. The van der Waals surface area contributed by atoms with Gasteiger partial charge in [0.2, 0.25) is 5.91 Å². The maximum atomic E-state index is 12.3. The Labute approximate surface area is 138 Å². The van der Waals surface area contributed by atoms with E-state index in [9.17, 15) is 4.79 Å². The van der Waals surface area contributed by atoms with Crippen LogP contribution in [0.25, 0.3) is 0 Å². The molecule has 1 spiro atoms. The number of carbonyl (C=O) groups is 1. The molecule has 0 unspecified atom stereocenters. The predicted octanol–water partition coefficient (Wildman–Crippen LogP) is 2.40. The summed E-state index contributed by atoms with van der Waals surface area (Å²) in [6, 6.07) is 3.93. The first-order valence-electron chi connectivity index (χ1n) is 8.51. The van der Waals surface area contributed by atoms with Gasteiger partial charge in [0.05, 0.1) is 24.9 Å². The molecule has 126 valence electrons. The molecule has 0 aromatic carbocycles. The summed E-state index contributed by atoms with van der Waals surface area (Å²) in [7, 11) is 0. The van der Waals surface area contributed by atoms with Gasteiger partial charge in [0, 0.05) is 37.8 Å². The molecule has 23 heavy (non-hydrogen) atoms. The van der Waals surface area contributed by atoms with Gasteiger partial charge in [0.15, 0.2) is 0 Å². The van der Waals surface area contributed by atoms with Crippen LogP contribution in [0.5, 0.6) is 0 Å². The highest BCUT2D eigenvalue weighted by molar-refractivity contribution is 5.78. The van der Waals surface area contributed by atoms with Crippen molar-refractivity contribution in [2.45, 2.75) is 51.4 Å². The van der Waals surface area contributed by atoms with E-state index in [0.717, 1.165) is 31.4 Å². The molecule has 3 heterocycles. The van der Waals surface area contributed by atoms with Crippen LogP contribution in [0.3, 0.4) is 0 Å². The topological polar surface area (TPSA) is 51.7 Å². The normalized spacial score (nSPS) is 27.8. The summed E-state index contributed by atoms with van der Waals surface area (Å²) < 4.78 is 12.1. The number of hydrogen-bond acceptors (Lipinski definition) is 4. The molecule has 5 nitrogen and oxygen atoms in total. The summed E-state index contributed by atoms with van der Waals surface area (Å²) in [6.07, 6.45) is 6.57. The number of piperidine rings is 1. The first-order valence-corrected chi connectivity index (χ1v) is 8.51. The van der Waals surface area contributed by atoms with Gasteiger partial charge >= 0.3 is 0 Å². The highest BCUT2D eigenvalue weighted by Gasteiger charge is 2.45. The number of carbonyl (C=O) groups excluding carboxylic acids is 1. The minimum atomic E-state index is -0.203. The molecule has 1 amide bonds. The molecule has 1 aromatic heterocycles. The molecule has 0 radical (unpaired) electrons. The number of nitrogens with zero attached hydrogens (tertiary/aromatic N) is 2. The molecule has 5 heteroatoms. The highest BCUT2D eigenvalue weighted by Crippen LogP contribution is 2.36. The smallest absolute Gasteiger partial charge is 0.225 e. The predicted molar refractivity (Wildman–Crippen MR) is 86.8 cm³/mol. The third-order valence-corrected chi connectivity index (χ3v) is 4.76. The number of ether oxygens (including phenoxy) is 2. The fraction of sp³-hybridized carbons (Fsp3) is 0.667. The van der Waals surface area contributed by atoms with Crippen molar-refractivity contribution in [3.8, 4) is 0 Å². The Morgan fingerprint density at radius 2 is 2.26 bits per heavy atom. The lowest BCUT2D eigenvalue weighted by molar-refractivity contribution is -0.142. The molecule has 2 fully saturated rings. The van der Waals surface area contributed by atoms with E-state index in [1.807, 2.05) is 30.9 Å². The quantitative estimate of drug-likeness (QED) is 0.855. The fourth-order valence-corrected chi connectivity index (χ4v) is 3.54. The van der Waals surface area contributed by atoms with Crippen molar-refractivity contribution in [1.82, 2.24) is 9.88 Å². The van der Waals surface area contributed by atoms with Crippen molar-refractivity contribution < 1.29 is 14.3 Å². The van der Waals surface area contributed by atoms with E-state index in [2.05, 4.69) is 4.98 Å². The Hall–Kier alpha value is -1.46. The van der Waals surface area contributed by atoms with Gasteiger partial charge in [-0.3, -0.25) is 9.78 Å². The summed E-state index contributed by atoms with van der Waals surface area (Å²) in [4.78, 5) is 18.2.